The van der Waals surface area contributed by atoms with E-state index in [0.29, 0.717) is 6.54 Å². The molecule has 1 aromatic heterocycles. The summed E-state index contributed by atoms with van der Waals surface area (Å²) in [4.78, 5) is 8.28. The van der Waals surface area contributed by atoms with Gasteiger partial charge in [0.2, 0.25) is 0 Å². The van der Waals surface area contributed by atoms with E-state index in [2.05, 4.69) is 40.2 Å². The predicted octanol–water partition coefficient (Wildman–Crippen LogP) is 3.42. The number of rotatable bonds is 8. The minimum absolute atomic E-state index is 0. The number of hydrogen-bond donors (Lipinski definition) is 1. The molecule has 1 fully saturated rings. The van der Waals surface area contributed by atoms with Crippen molar-refractivity contribution < 1.29 is 4.74 Å². The second-order valence-electron chi connectivity index (χ2n) is 5.97. The molecule has 24 heavy (non-hydrogen) atoms. The Balaban J connectivity index is 0.00000208. The van der Waals surface area contributed by atoms with E-state index in [4.69, 9.17) is 10.5 Å². The zero-order chi connectivity index (χ0) is 15.9. The molecule has 1 unspecified atom stereocenters. The van der Waals surface area contributed by atoms with E-state index in [-0.39, 0.29) is 18.5 Å². The van der Waals surface area contributed by atoms with Crippen molar-refractivity contribution in [2.75, 3.05) is 26.2 Å². The standard InChI is InChI=1S/C18H25N3OS.ClH/c19-9-11-21(10-8-15-5-2-1-3-6-15)14-16-13-20-18(23-16)17-7-4-12-22-17;/h1-3,5-6,13,17H,4,7-12,14,19H2;1H. The van der Waals surface area contributed by atoms with E-state index in [1.54, 1.807) is 11.3 Å². The van der Waals surface area contributed by atoms with Gasteiger partial charge >= 0.3 is 0 Å². The van der Waals surface area contributed by atoms with E-state index in [1.165, 1.54) is 10.4 Å². The molecule has 1 saturated heterocycles. The van der Waals surface area contributed by atoms with Crippen LogP contribution in [0.1, 0.15) is 34.4 Å². The maximum absolute atomic E-state index is 5.78. The number of hydrogen-bond acceptors (Lipinski definition) is 5. The third-order valence-corrected chi connectivity index (χ3v) is 5.24. The summed E-state index contributed by atoms with van der Waals surface area (Å²) < 4.78 is 5.72. The first-order valence-electron chi connectivity index (χ1n) is 8.37. The number of benzene rings is 1. The number of ether oxygens (including phenoxy) is 1. The Bertz CT molecular complexity index is 587. The van der Waals surface area contributed by atoms with Crippen LogP contribution < -0.4 is 5.73 Å². The van der Waals surface area contributed by atoms with Crippen LogP contribution in [0.2, 0.25) is 0 Å². The fraction of sp³-hybridized carbons (Fsp3) is 0.500. The number of halogens is 1. The number of nitrogens with zero attached hydrogens (tertiary/aromatic N) is 2. The van der Waals surface area contributed by atoms with Gasteiger partial charge in [0.1, 0.15) is 11.1 Å². The van der Waals surface area contributed by atoms with Gasteiger partial charge in [-0.1, -0.05) is 30.3 Å². The molecule has 2 N–H and O–H groups in total. The highest BCUT2D eigenvalue weighted by Gasteiger charge is 2.21. The summed E-state index contributed by atoms with van der Waals surface area (Å²) in [6.45, 7) is 4.42. The van der Waals surface area contributed by atoms with Crippen molar-refractivity contribution in [2.45, 2.75) is 31.9 Å². The SMILES string of the molecule is Cl.NCCN(CCc1ccccc1)Cc1cnc(C2CCCO2)s1. The Kier molecular flexibility index (Phi) is 8.15. The first kappa shape index (κ1) is 19.3. The normalized spacial score (nSPS) is 17.2. The summed E-state index contributed by atoms with van der Waals surface area (Å²) in [7, 11) is 0. The zero-order valence-corrected chi connectivity index (χ0v) is 15.5. The first-order chi connectivity index (χ1) is 11.3. The lowest BCUT2D eigenvalue weighted by Crippen LogP contribution is -2.30. The number of nitrogens with two attached hydrogens (primary N) is 1. The van der Waals surface area contributed by atoms with Gasteiger partial charge in [0.25, 0.3) is 0 Å². The molecule has 4 nitrogen and oxygen atoms in total. The Morgan fingerprint density at radius 1 is 1.25 bits per heavy atom. The minimum Gasteiger partial charge on any atom is -0.371 e. The molecule has 0 aliphatic carbocycles. The monoisotopic (exact) mass is 367 g/mol. The van der Waals surface area contributed by atoms with Crippen LogP contribution in [0.5, 0.6) is 0 Å². The molecule has 1 atom stereocenters. The average molecular weight is 368 g/mol. The van der Waals surface area contributed by atoms with Crippen molar-refractivity contribution in [3.63, 3.8) is 0 Å². The fourth-order valence-corrected chi connectivity index (χ4v) is 3.97. The average Bonchev–Trinajstić information content (AvgIpc) is 3.25. The van der Waals surface area contributed by atoms with Gasteiger partial charge in [0.15, 0.2) is 0 Å². The summed E-state index contributed by atoms with van der Waals surface area (Å²) in [5.41, 5.74) is 7.16. The molecule has 2 heterocycles. The van der Waals surface area contributed by atoms with Gasteiger partial charge in [-0.3, -0.25) is 4.90 Å². The zero-order valence-electron chi connectivity index (χ0n) is 13.9. The molecule has 3 rings (SSSR count). The molecule has 0 amide bonds. The minimum atomic E-state index is 0. The van der Waals surface area contributed by atoms with Crippen molar-refractivity contribution in [2.24, 2.45) is 5.73 Å². The molecule has 0 radical (unpaired) electrons. The molecule has 1 aliphatic rings. The topological polar surface area (TPSA) is 51.4 Å². The van der Waals surface area contributed by atoms with Gasteiger partial charge in [-0.15, -0.1) is 23.7 Å². The van der Waals surface area contributed by atoms with Crippen molar-refractivity contribution >= 4 is 23.7 Å². The van der Waals surface area contributed by atoms with Crippen molar-refractivity contribution in [3.8, 4) is 0 Å². The van der Waals surface area contributed by atoms with Gasteiger partial charge in [0, 0.05) is 43.9 Å². The van der Waals surface area contributed by atoms with Crippen LogP contribution in [0.15, 0.2) is 36.5 Å². The summed E-state index contributed by atoms with van der Waals surface area (Å²) in [5, 5.41) is 1.13. The first-order valence-corrected chi connectivity index (χ1v) is 9.19. The largest absolute Gasteiger partial charge is 0.371 e. The molecule has 6 heteroatoms. The summed E-state index contributed by atoms with van der Waals surface area (Å²) in [5.74, 6) is 0. The Morgan fingerprint density at radius 3 is 2.79 bits per heavy atom. The fourth-order valence-electron chi connectivity index (χ4n) is 2.92. The maximum Gasteiger partial charge on any atom is 0.122 e. The van der Waals surface area contributed by atoms with Crippen molar-refractivity contribution in [1.82, 2.24) is 9.88 Å². The highest BCUT2D eigenvalue weighted by atomic mass is 35.5. The molecule has 1 aliphatic heterocycles. The van der Waals surface area contributed by atoms with E-state index in [1.807, 2.05) is 6.20 Å². The van der Waals surface area contributed by atoms with Crippen LogP contribution >= 0.6 is 23.7 Å². The second kappa shape index (κ2) is 10.1. The molecular formula is C18H26ClN3OS. The number of thiazole rings is 1. The van der Waals surface area contributed by atoms with E-state index in [9.17, 15) is 0 Å². The molecule has 132 valence electrons. The van der Waals surface area contributed by atoms with Crippen LogP contribution in [0.4, 0.5) is 0 Å². The second-order valence-corrected chi connectivity index (χ2v) is 7.11. The van der Waals surface area contributed by atoms with Gasteiger partial charge in [0.05, 0.1) is 0 Å². The summed E-state index contributed by atoms with van der Waals surface area (Å²) in [6.07, 6.45) is 5.54. The Hall–Kier alpha value is -0.980. The third-order valence-electron chi connectivity index (χ3n) is 4.16. The number of aromatic nitrogens is 1. The summed E-state index contributed by atoms with van der Waals surface area (Å²) >= 11 is 1.79. The van der Waals surface area contributed by atoms with E-state index < -0.39 is 0 Å². The van der Waals surface area contributed by atoms with E-state index >= 15 is 0 Å². The quantitative estimate of drug-likeness (QED) is 0.776. The van der Waals surface area contributed by atoms with Crippen LogP contribution in [0, 0.1) is 0 Å². The molecule has 1 aromatic carbocycles. The Morgan fingerprint density at radius 2 is 2.08 bits per heavy atom. The summed E-state index contributed by atoms with van der Waals surface area (Å²) in [6, 6.07) is 10.6. The molecule has 0 bridgehead atoms. The third kappa shape index (κ3) is 5.53. The Labute approximate surface area is 154 Å². The molecule has 0 spiro atoms. The lowest BCUT2D eigenvalue weighted by atomic mass is 10.1. The highest BCUT2D eigenvalue weighted by molar-refractivity contribution is 7.11. The van der Waals surface area contributed by atoms with Crippen molar-refractivity contribution in [3.05, 3.63) is 52.0 Å². The van der Waals surface area contributed by atoms with Crippen LogP contribution in [-0.2, 0) is 17.7 Å². The highest BCUT2D eigenvalue weighted by Crippen LogP contribution is 2.31. The molecular weight excluding hydrogens is 342 g/mol. The van der Waals surface area contributed by atoms with Gasteiger partial charge in [-0.25, -0.2) is 4.98 Å². The van der Waals surface area contributed by atoms with Gasteiger partial charge in [-0.05, 0) is 24.8 Å². The van der Waals surface area contributed by atoms with Crippen LogP contribution in [0.3, 0.4) is 0 Å². The van der Waals surface area contributed by atoms with Crippen LogP contribution in [0.25, 0.3) is 0 Å². The van der Waals surface area contributed by atoms with Gasteiger partial charge < -0.3 is 10.5 Å². The molecule has 2 aromatic rings. The predicted molar refractivity (Wildman–Crippen MR) is 102 cm³/mol. The maximum atomic E-state index is 5.78. The van der Waals surface area contributed by atoms with Crippen molar-refractivity contribution in [1.29, 1.82) is 0 Å². The lowest BCUT2D eigenvalue weighted by Gasteiger charge is -2.20. The van der Waals surface area contributed by atoms with Crippen LogP contribution in [-0.4, -0.2) is 36.1 Å². The smallest absolute Gasteiger partial charge is 0.122 e. The van der Waals surface area contributed by atoms with E-state index in [0.717, 1.165) is 50.5 Å². The molecule has 0 saturated carbocycles. The lowest BCUT2D eigenvalue weighted by molar-refractivity contribution is 0.111. The van der Waals surface area contributed by atoms with Gasteiger partial charge in [-0.2, -0.15) is 0 Å².